The number of carboxylic acids is 1. The number of carbonyl (C=O) groups is 3. The second-order valence-corrected chi connectivity index (χ2v) is 6.91. The van der Waals surface area contributed by atoms with Crippen LogP contribution in [0.2, 0.25) is 0 Å². The molecule has 0 unspecified atom stereocenters. The third kappa shape index (κ3) is 4.42. The molecule has 8 heteroatoms. The Labute approximate surface area is 148 Å². The van der Waals surface area contributed by atoms with Crippen molar-refractivity contribution >= 4 is 52.2 Å². The van der Waals surface area contributed by atoms with Gasteiger partial charge in [-0.25, -0.2) is 4.79 Å². The van der Waals surface area contributed by atoms with Crippen molar-refractivity contribution in [2.24, 2.45) is 0 Å². The summed E-state index contributed by atoms with van der Waals surface area (Å²) in [4.78, 5) is 36.5. The summed E-state index contributed by atoms with van der Waals surface area (Å²) in [5.74, 6) is -1.90. The molecule has 1 N–H and O–H groups in total. The summed E-state index contributed by atoms with van der Waals surface area (Å²) in [7, 11) is 0. The Balaban J connectivity index is 2.12. The molecule has 1 aromatic carbocycles. The molecule has 1 amide bonds. The standard InChI is InChI=1S/C16H15NO5S2/c1-9(2)22-13(18)8-17-14(19)12(24-16(17)23)7-10-3-5-11(6-4-10)15(20)21/h3-7,9H,8H2,1-2H3,(H,20,21)/b12-7-. The molecule has 126 valence electrons. The molecule has 2 rings (SSSR count). The highest BCUT2D eigenvalue weighted by atomic mass is 32.2. The minimum atomic E-state index is -1.02. The van der Waals surface area contributed by atoms with E-state index in [2.05, 4.69) is 0 Å². The Morgan fingerprint density at radius 1 is 1.33 bits per heavy atom. The first-order valence-corrected chi connectivity index (χ1v) is 8.28. The van der Waals surface area contributed by atoms with E-state index < -0.39 is 11.9 Å². The Kier molecular flexibility index (Phi) is 5.74. The number of esters is 1. The number of thiocarbonyl (C=S) groups is 1. The van der Waals surface area contributed by atoms with Crippen LogP contribution < -0.4 is 0 Å². The van der Waals surface area contributed by atoms with Crippen LogP contribution in [-0.2, 0) is 14.3 Å². The second kappa shape index (κ2) is 7.59. The van der Waals surface area contributed by atoms with E-state index in [4.69, 9.17) is 22.1 Å². The first-order chi connectivity index (χ1) is 11.3. The topological polar surface area (TPSA) is 83.9 Å². The van der Waals surface area contributed by atoms with Crippen LogP contribution in [0.3, 0.4) is 0 Å². The van der Waals surface area contributed by atoms with Crippen molar-refractivity contribution < 1.29 is 24.2 Å². The Morgan fingerprint density at radius 2 is 1.96 bits per heavy atom. The van der Waals surface area contributed by atoms with Gasteiger partial charge in [-0.1, -0.05) is 36.1 Å². The average molecular weight is 365 g/mol. The molecule has 1 heterocycles. The number of carboxylic acid groups (broad SMARTS) is 1. The largest absolute Gasteiger partial charge is 0.478 e. The zero-order chi connectivity index (χ0) is 17.9. The molecular formula is C16H15NO5S2. The fourth-order valence-corrected chi connectivity index (χ4v) is 3.19. The van der Waals surface area contributed by atoms with Crippen LogP contribution >= 0.6 is 24.0 Å². The molecule has 1 aliphatic heterocycles. The molecule has 24 heavy (non-hydrogen) atoms. The maximum Gasteiger partial charge on any atom is 0.335 e. The van der Waals surface area contributed by atoms with E-state index in [0.29, 0.717) is 10.5 Å². The monoisotopic (exact) mass is 365 g/mol. The van der Waals surface area contributed by atoms with Gasteiger partial charge in [0.05, 0.1) is 16.6 Å². The van der Waals surface area contributed by atoms with Gasteiger partial charge in [0.15, 0.2) is 0 Å². The lowest BCUT2D eigenvalue weighted by atomic mass is 10.1. The maximum atomic E-state index is 12.4. The molecule has 1 aliphatic rings. The van der Waals surface area contributed by atoms with Crippen LogP contribution in [0.4, 0.5) is 0 Å². The maximum absolute atomic E-state index is 12.4. The lowest BCUT2D eigenvalue weighted by Crippen LogP contribution is -2.35. The first-order valence-electron chi connectivity index (χ1n) is 7.06. The molecule has 1 saturated heterocycles. The van der Waals surface area contributed by atoms with Crippen LogP contribution in [0.1, 0.15) is 29.8 Å². The van der Waals surface area contributed by atoms with Gasteiger partial charge in [-0.15, -0.1) is 0 Å². The zero-order valence-electron chi connectivity index (χ0n) is 13.0. The van der Waals surface area contributed by atoms with Gasteiger partial charge < -0.3 is 9.84 Å². The Morgan fingerprint density at radius 3 is 2.50 bits per heavy atom. The summed E-state index contributed by atoms with van der Waals surface area (Å²) >= 11 is 6.23. The van der Waals surface area contributed by atoms with Crippen LogP contribution in [0.5, 0.6) is 0 Å². The summed E-state index contributed by atoms with van der Waals surface area (Å²) < 4.78 is 5.31. The van der Waals surface area contributed by atoms with Crippen molar-refractivity contribution in [2.45, 2.75) is 20.0 Å². The fraction of sp³-hybridized carbons (Fsp3) is 0.250. The molecular weight excluding hydrogens is 350 g/mol. The number of hydrogen-bond acceptors (Lipinski definition) is 6. The molecule has 0 aromatic heterocycles. The van der Waals surface area contributed by atoms with Gasteiger partial charge >= 0.3 is 11.9 Å². The highest BCUT2D eigenvalue weighted by molar-refractivity contribution is 8.26. The lowest BCUT2D eigenvalue weighted by molar-refractivity contribution is -0.149. The number of nitrogens with zero attached hydrogens (tertiary/aromatic N) is 1. The normalized spacial score (nSPS) is 16.1. The number of carbonyl (C=O) groups excluding carboxylic acids is 2. The summed E-state index contributed by atoms with van der Waals surface area (Å²) in [5.41, 5.74) is 0.835. The third-order valence-electron chi connectivity index (χ3n) is 2.98. The number of rotatable bonds is 5. The quantitative estimate of drug-likeness (QED) is 0.488. The van der Waals surface area contributed by atoms with Gasteiger partial charge in [-0.05, 0) is 37.6 Å². The van der Waals surface area contributed by atoms with Crippen molar-refractivity contribution in [2.75, 3.05) is 6.54 Å². The van der Waals surface area contributed by atoms with E-state index in [1.165, 1.54) is 17.0 Å². The second-order valence-electron chi connectivity index (χ2n) is 5.23. The predicted octanol–water partition coefficient (Wildman–Crippen LogP) is 2.54. The average Bonchev–Trinajstić information content (AvgIpc) is 2.74. The van der Waals surface area contributed by atoms with Gasteiger partial charge in [0.25, 0.3) is 5.91 Å². The molecule has 0 aliphatic carbocycles. The Hall–Kier alpha value is -2.19. The molecule has 6 nitrogen and oxygen atoms in total. The van der Waals surface area contributed by atoms with Crippen molar-refractivity contribution in [3.05, 3.63) is 40.3 Å². The smallest absolute Gasteiger partial charge is 0.335 e. The summed E-state index contributed by atoms with van der Waals surface area (Å²) in [5, 5.41) is 8.88. The van der Waals surface area contributed by atoms with Crippen molar-refractivity contribution in [3.8, 4) is 0 Å². The van der Waals surface area contributed by atoms with E-state index in [1.807, 2.05) is 0 Å². The molecule has 0 radical (unpaired) electrons. The molecule has 0 saturated carbocycles. The number of amides is 1. The molecule has 1 fully saturated rings. The fourth-order valence-electron chi connectivity index (χ4n) is 1.94. The number of benzene rings is 1. The minimum Gasteiger partial charge on any atom is -0.478 e. The minimum absolute atomic E-state index is 0.163. The number of hydrogen-bond donors (Lipinski definition) is 1. The number of thioether (sulfide) groups is 1. The highest BCUT2D eigenvalue weighted by Crippen LogP contribution is 2.32. The van der Waals surface area contributed by atoms with Gasteiger partial charge in [0.1, 0.15) is 10.9 Å². The van der Waals surface area contributed by atoms with Crippen LogP contribution in [0, 0.1) is 0 Å². The van der Waals surface area contributed by atoms with E-state index in [-0.39, 0.29) is 28.4 Å². The van der Waals surface area contributed by atoms with Gasteiger partial charge in [0.2, 0.25) is 0 Å². The van der Waals surface area contributed by atoms with Gasteiger partial charge in [0, 0.05) is 0 Å². The van der Waals surface area contributed by atoms with Crippen molar-refractivity contribution in [1.29, 1.82) is 0 Å². The van der Waals surface area contributed by atoms with E-state index >= 15 is 0 Å². The first kappa shape index (κ1) is 18.2. The predicted molar refractivity (Wildman–Crippen MR) is 94.5 cm³/mol. The van der Waals surface area contributed by atoms with E-state index in [1.54, 1.807) is 32.1 Å². The van der Waals surface area contributed by atoms with E-state index in [9.17, 15) is 14.4 Å². The number of aromatic carboxylic acids is 1. The lowest BCUT2D eigenvalue weighted by Gasteiger charge is -2.14. The van der Waals surface area contributed by atoms with Crippen molar-refractivity contribution in [1.82, 2.24) is 4.90 Å². The summed E-state index contributed by atoms with van der Waals surface area (Å²) in [6.07, 6.45) is 1.35. The van der Waals surface area contributed by atoms with Crippen LogP contribution in [0.25, 0.3) is 6.08 Å². The van der Waals surface area contributed by atoms with Crippen molar-refractivity contribution in [3.63, 3.8) is 0 Å². The molecule has 0 atom stereocenters. The summed E-state index contributed by atoms with van der Waals surface area (Å²) in [6, 6.07) is 6.11. The molecule has 0 spiro atoms. The third-order valence-corrected chi connectivity index (χ3v) is 4.36. The molecule has 0 bridgehead atoms. The zero-order valence-corrected chi connectivity index (χ0v) is 14.6. The number of ether oxygens (including phenoxy) is 1. The highest BCUT2D eigenvalue weighted by Gasteiger charge is 2.33. The van der Waals surface area contributed by atoms with Gasteiger partial charge in [-0.2, -0.15) is 0 Å². The van der Waals surface area contributed by atoms with Crippen LogP contribution in [0.15, 0.2) is 29.2 Å². The van der Waals surface area contributed by atoms with Crippen LogP contribution in [-0.4, -0.2) is 44.8 Å². The summed E-state index contributed by atoms with van der Waals surface area (Å²) in [6.45, 7) is 3.23. The van der Waals surface area contributed by atoms with E-state index in [0.717, 1.165) is 11.8 Å². The van der Waals surface area contributed by atoms with Gasteiger partial charge in [-0.3, -0.25) is 14.5 Å². The Bertz CT molecular complexity index is 724. The SMILES string of the molecule is CC(C)OC(=O)CN1C(=O)/C(=C/c2ccc(C(=O)O)cc2)SC1=S. The molecule has 1 aromatic rings.